The summed E-state index contributed by atoms with van der Waals surface area (Å²) in [6, 6.07) is 1.76. The molecular weight excluding hydrogens is 244 g/mol. The highest BCUT2D eigenvalue weighted by Crippen LogP contribution is 2.22. The molecule has 1 aliphatic heterocycles. The van der Waals surface area contributed by atoms with E-state index in [9.17, 15) is 4.79 Å². The number of aromatic carboxylic acids is 1. The molecule has 2 N–H and O–H groups in total. The molecule has 0 spiro atoms. The maximum Gasteiger partial charge on any atom is 0.339 e. The number of carboxylic acids is 1. The van der Waals surface area contributed by atoms with Crippen LogP contribution in [0.5, 0.6) is 0 Å². The Hall–Kier alpha value is -1.33. The summed E-state index contributed by atoms with van der Waals surface area (Å²) in [6.45, 7) is 1.39. The molecule has 1 aromatic rings. The fourth-order valence-corrected chi connectivity index (χ4v) is 1.94. The Labute approximate surface area is 104 Å². The Balaban J connectivity index is 2.17. The number of pyridine rings is 1. The highest BCUT2D eigenvalue weighted by Gasteiger charge is 2.17. The smallest absolute Gasteiger partial charge is 0.339 e. The zero-order valence-electron chi connectivity index (χ0n) is 9.15. The number of nitrogens with one attached hydrogen (secondary N) is 1. The molecule has 1 saturated heterocycles. The second kappa shape index (κ2) is 5.33. The molecule has 0 aliphatic carbocycles. The van der Waals surface area contributed by atoms with Crippen LogP contribution in [0.15, 0.2) is 12.3 Å². The summed E-state index contributed by atoms with van der Waals surface area (Å²) in [5, 5.41) is 12.5. The van der Waals surface area contributed by atoms with Crippen LogP contribution >= 0.6 is 11.6 Å². The molecule has 1 aliphatic rings. The Kier molecular flexibility index (Phi) is 3.81. The van der Waals surface area contributed by atoms with Crippen LogP contribution in [-0.2, 0) is 4.74 Å². The molecule has 0 saturated carbocycles. The van der Waals surface area contributed by atoms with E-state index in [4.69, 9.17) is 21.4 Å². The van der Waals surface area contributed by atoms with Gasteiger partial charge in [-0.05, 0) is 18.9 Å². The Morgan fingerprint density at radius 2 is 2.24 bits per heavy atom. The minimum absolute atomic E-state index is 0.140. The number of nitrogens with zero attached hydrogens (tertiary/aromatic N) is 1. The van der Waals surface area contributed by atoms with E-state index in [2.05, 4.69) is 10.3 Å². The summed E-state index contributed by atoms with van der Waals surface area (Å²) in [5.41, 5.74) is 0.658. The summed E-state index contributed by atoms with van der Waals surface area (Å²) in [4.78, 5) is 14.8. The minimum atomic E-state index is -1.01. The summed E-state index contributed by atoms with van der Waals surface area (Å²) >= 11 is 5.77. The third-order valence-corrected chi connectivity index (χ3v) is 2.89. The zero-order chi connectivity index (χ0) is 12.3. The van der Waals surface area contributed by atoms with E-state index >= 15 is 0 Å². The summed E-state index contributed by atoms with van der Waals surface area (Å²) in [6.07, 6.45) is 2.99. The molecule has 2 heterocycles. The normalized spacial score (nSPS) is 16.8. The zero-order valence-corrected chi connectivity index (χ0v) is 9.91. The van der Waals surface area contributed by atoms with Gasteiger partial charge in [-0.15, -0.1) is 0 Å². The molecule has 1 fully saturated rings. The van der Waals surface area contributed by atoms with Gasteiger partial charge in [-0.1, -0.05) is 11.6 Å². The van der Waals surface area contributed by atoms with Crippen molar-refractivity contribution in [3.05, 3.63) is 23.0 Å². The average molecular weight is 257 g/mol. The molecule has 0 amide bonds. The number of anilines is 1. The van der Waals surface area contributed by atoms with E-state index in [1.807, 2.05) is 0 Å². The van der Waals surface area contributed by atoms with Gasteiger partial charge in [0.1, 0.15) is 10.7 Å². The van der Waals surface area contributed by atoms with Gasteiger partial charge in [-0.25, -0.2) is 9.78 Å². The highest BCUT2D eigenvalue weighted by molar-refractivity contribution is 6.29. The number of hydrogen-bond donors (Lipinski definition) is 2. The van der Waals surface area contributed by atoms with Gasteiger partial charge in [0, 0.05) is 25.5 Å². The van der Waals surface area contributed by atoms with Crippen molar-refractivity contribution in [3.8, 4) is 0 Å². The van der Waals surface area contributed by atoms with Crippen molar-refractivity contribution >= 4 is 23.3 Å². The molecule has 1 aromatic heterocycles. The molecule has 0 atom stereocenters. The monoisotopic (exact) mass is 256 g/mol. The summed E-state index contributed by atoms with van der Waals surface area (Å²) < 4.78 is 5.24. The van der Waals surface area contributed by atoms with E-state index in [1.54, 1.807) is 6.07 Å². The van der Waals surface area contributed by atoms with E-state index in [0.717, 1.165) is 12.8 Å². The second-order valence-electron chi connectivity index (χ2n) is 3.89. The third-order valence-electron chi connectivity index (χ3n) is 2.68. The maximum atomic E-state index is 11.0. The lowest BCUT2D eigenvalue weighted by Gasteiger charge is -2.24. The van der Waals surface area contributed by atoms with Crippen LogP contribution in [0.3, 0.4) is 0 Å². The standard InChI is InChI=1S/C11H13ClN2O3/c12-10-5-9(8(6-13-10)11(15)16)14-7-1-3-17-4-2-7/h5-7H,1-4H2,(H,13,14)(H,15,16). The van der Waals surface area contributed by atoms with Gasteiger partial charge in [-0.3, -0.25) is 0 Å². The molecule has 0 aromatic carbocycles. The van der Waals surface area contributed by atoms with Crippen LogP contribution in [0.1, 0.15) is 23.2 Å². The second-order valence-corrected chi connectivity index (χ2v) is 4.28. The molecule has 0 bridgehead atoms. The lowest BCUT2D eigenvalue weighted by atomic mass is 10.1. The first-order valence-electron chi connectivity index (χ1n) is 5.40. The van der Waals surface area contributed by atoms with Crippen molar-refractivity contribution in [3.63, 3.8) is 0 Å². The SMILES string of the molecule is O=C(O)c1cnc(Cl)cc1NC1CCOCC1. The largest absolute Gasteiger partial charge is 0.478 e. The first-order chi connectivity index (χ1) is 8.16. The number of carboxylic acid groups (broad SMARTS) is 1. The topological polar surface area (TPSA) is 71.5 Å². The van der Waals surface area contributed by atoms with Gasteiger partial charge < -0.3 is 15.2 Å². The number of aromatic nitrogens is 1. The van der Waals surface area contributed by atoms with Gasteiger partial charge in [0.2, 0.25) is 0 Å². The summed E-state index contributed by atoms with van der Waals surface area (Å²) in [7, 11) is 0. The first-order valence-corrected chi connectivity index (χ1v) is 5.78. The van der Waals surface area contributed by atoms with Crippen molar-refractivity contribution in [1.82, 2.24) is 4.98 Å². The number of hydrogen-bond acceptors (Lipinski definition) is 4. The lowest BCUT2D eigenvalue weighted by Crippen LogP contribution is -2.28. The quantitative estimate of drug-likeness (QED) is 0.810. The van der Waals surface area contributed by atoms with Crippen LogP contribution in [0.4, 0.5) is 5.69 Å². The van der Waals surface area contributed by atoms with Gasteiger partial charge in [0.15, 0.2) is 0 Å². The van der Waals surface area contributed by atoms with Crippen molar-refractivity contribution in [2.24, 2.45) is 0 Å². The highest BCUT2D eigenvalue weighted by atomic mass is 35.5. The molecule has 0 radical (unpaired) electrons. The summed E-state index contributed by atoms with van der Waals surface area (Å²) in [5.74, 6) is -1.01. The van der Waals surface area contributed by atoms with E-state index < -0.39 is 5.97 Å². The number of rotatable bonds is 3. The minimum Gasteiger partial charge on any atom is -0.478 e. The lowest BCUT2D eigenvalue weighted by molar-refractivity contribution is 0.0697. The third kappa shape index (κ3) is 3.08. The van der Waals surface area contributed by atoms with Crippen LogP contribution < -0.4 is 5.32 Å². The van der Waals surface area contributed by atoms with Gasteiger partial charge in [-0.2, -0.15) is 0 Å². The van der Waals surface area contributed by atoms with Crippen molar-refractivity contribution in [1.29, 1.82) is 0 Å². The van der Waals surface area contributed by atoms with Crippen LogP contribution in [0.25, 0.3) is 0 Å². The van der Waals surface area contributed by atoms with Gasteiger partial charge in [0.25, 0.3) is 0 Å². The van der Waals surface area contributed by atoms with E-state index in [0.29, 0.717) is 18.9 Å². The van der Waals surface area contributed by atoms with Crippen molar-refractivity contribution < 1.29 is 14.6 Å². The van der Waals surface area contributed by atoms with Crippen molar-refractivity contribution in [2.75, 3.05) is 18.5 Å². The predicted octanol–water partition coefficient (Wildman–Crippen LogP) is 2.02. The molecule has 17 heavy (non-hydrogen) atoms. The molecule has 5 nitrogen and oxygen atoms in total. The predicted molar refractivity (Wildman–Crippen MR) is 63.7 cm³/mol. The van der Waals surface area contributed by atoms with E-state index in [1.165, 1.54) is 6.20 Å². The fraction of sp³-hybridized carbons (Fsp3) is 0.455. The number of halogens is 1. The van der Waals surface area contributed by atoms with E-state index in [-0.39, 0.29) is 16.8 Å². The van der Waals surface area contributed by atoms with Crippen LogP contribution in [0, 0.1) is 0 Å². The molecule has 0 unspecified atom stereocenters. The molecule has 92 valence electrons. The molecular formula is C11H13ClN2O3. The maximum absolute atomic E-state index is 11.0. The first kappa shape index (κ1) is 12.1. The van der Waals surface area contributed by atoms with Crippen LogP contribution in [0.2, 0.25) is 5.15 Å². The fourth-order valence-electron chi connectivity index (χ4n) is 1.78. The molecule has 2 rings (SSSR count). The number of ether oxygens (including phenoxy) is 1. The van der Waals surface area contributed by atoms with Gasteiger partial charge in [0.05, 0.1) is 5.69 Å². The molecule has 6 heteroatoms. The Morgan fingerprint density at radius 1 is 1.53 bits per heavy atom. The van der Waals surface area contributed by atoms with Crippen LogP contribution in [-0.4, -0.2) is 35.3 Å². The number of carbonyl (C=O) groups is 1. The Bertz CT molecular complexity index is 419. The van der Waals surface area contributed by atoms with Gasteiger partial charge >= 0.3 is 5.97 Å². The van der Waals surface area contributed by atoms with Crippen molar-refractivity contribution in [2.45, 2.75) is 18.9 Å². The average Bonchev–Trinajstić information content (AvgIpc) is 2.30. The Morgan fingerprint density at radius 3 is 2.88 bits per heavy atom.